The molecule has 0 unspecified atom stereocenters. The van der Waals surface area contributed by atoms with Crippen molar-refractivity contribution in [1.82, 2.24) is 0 Å². The third-order valence-electron chi connectivity index (χ3n) is 2.00. The molecule has 1 rings (SSSR count). The van der Waals surface area contributed by atoms with Crippen LogP contribution in [-0.4, -0.2) is 13.7 Å². The van der Waals surface area contributed by atoms with E-state index in [0.29, 0.717) is 0 Å². The van der Waals surface area contributed by atoms with Crippen molar-refractivity contribution >= 4 is 0 Å². The monoisotopic (exact) mass is 209 g/mol. The fourth-order valence-corrected chi connectivity index (χ4v) is 1.01. The van der Waals surface area contributed by atoms with Crippen molar-refractivity contribution in [2.75, 3.05) is 13.7 Å². The van der Waals surface area contributed by atoms with Gasteiger partial charge < -0.3 is 10.5 Å². The summed E-state index contributed by atoms with van der Waals surface area (Å²) in [6.45, 7) is 7.23. The number of benzene rings is 1. The van der Waals surface area contributed by atoms with Crippen LogP contribution in [0, 0.1) is 12.8 Å². The molecular weight excluding hydrogens is 186 g/mol. The van der Waals surface area contributed by atoms with Crippen LogP contribution in [0.2, 0.25) is 0 Å². The van der Waals surface area contributed by atoms with Gasteiger partial charge in [-0.25, -0.2) is 0 Å². The summed E-state index contributed by atoms with van der Waals surface area (Å²) in [6.07, 6.45) is 1.15. The van der Waals surface area contributed by atoms with Gasteiger partial charge in [-0.2, -0.15) is 0 Å². The molecule has 0 radical (unpaired) electrons. The summed E-state index contributed by atoms with van der Waals surface area (Å²) >= 11 is 0. The van der Waals surface area contributed by atoms with Gasteiger partial charge >= 0.3 is 0 Å². The Kier molecular flexibility index (Phi) is 7.74. The predicted molar refractivity (Wildman–Crippen MR) is 66.2 cm³/mol. The molecule has 15 heavy (non-hydrogen) atoms. The van der Waals surface area contributed by atoms with E-state index in [9.17, 15) is 0 Å². The van der Waals surface area contributed by atoms with Gasteiger partial charge in [-0.05, 0) is 37.9 Å². The number of ether oxygens (including phenoxy) is 1. The molecule has 2 nitrogen and oxygen atoms in total. The molecule has 0 amide bonds. The molecule has 0 aromatic heterocycles. The smallest absolute Gasteiger partial charge is 0.118 e. The maximum absolute atomic E-state index is 5.23. The summed E-state index contributed by atoms with van der Waals surface area (Å²) in [7, 11) is 1.67. The molecule has 0 aliphatic rings. The van der Waals surface area contributed by atoms with E-state index in [1.807, 2.05) is 24.3 Å². The molecule has 0 saturated carbocycles. The van der Waals surface area contributed by atoms with Crippen LogP contribution in [0.25, 0.3) is 0 Å². The van der Waals surface area contributed by atoms with Crippen LogP contribution in [0.1, 0.15) is 25.8 Å². The minimum Gasteiger partial charge on any atom is -0.497 e. The first-order valence-corrected chi connectivity index (χ1v) is 5.40. The maximum atomic E-state index is 5.23. The number of aryl methyl sites for hydroxylation is 1. The summed E-state index contributed by atoms with van der Waals surface area (Å²) in [6, 6.07) is 7.96. The Labute approximate surface area is 93.4 Å². The van der Waals surface area contributed by atoms with Crippen LogP contribution in [0.4, 0.5) is 0 Å². The summed E-state index contributed by atoms with van der Waals surface area (Å²) in [5.41, 5.74) is 6.49. The van der Waals surface area contributed by atoms with E-state index < -0.39 is 0 Å². The highest BCUT2D eigenvalue weighted by Gasteiger charge is 1.86. The Hall–Kier alpha value is -1.02. The van der Waals surface area contributed by atoms with Gasteiger partial charge in [0.05, 0.1) is 7.11 Å². The molecule has 2 heteroatoms. The van der Waals surface area contributed by atoms with E-state index in [4.69, 9.17) is 10.5 Å². The molecule has 0 spiro atoms. The van der Waals surface area contributed by atoms with E-state index >= 15 is 0 Å². The van der Waals surface area contributed by atoms with Crippen LogP contribution >= 0.6 is 0 Å². The van der Waals surface area contributed by atoms with Crippen molar-refractivity contribution in [3.63, 3.8) is 0 Å². The lowest BCUT2D eigenvalue weighted by Crippen LogP contribution is -2.01. The molecule has 1 aromatic carbocycles. The minimum absolute atomic E-state index is 0.773. The normalized spacial score (nSPS) is 9.47. The zero-order chi connectivity index (χ0) is 11.7. The highest BCUT2D eigenvalue weighted by Crippen LogP contribution is 2.09. The molecule has 0 aliphatic carbocycles. The van der Waals surface area contributed by atoms with Gasteiger partial charge in [-0.3, -0.25) is 0 Å². The second-order valence-corrected chi connectivity index (χ2v) is 3.99. The van der Waals surface area contributed by atoms with Gasteiger partial charge in [0.1, 0.15) is 5.75 Å². The topological polar surface area (TPSA) is 35.2 Å². The Morgan fingerprint density at radius 2 is 1.73 bits per heavy atom. The van der Waals surface area contributed by atoms with Crippen LogP contribution in [-0.2, 0) is 0 Å². The molecule has 0 atom stereocenters. The van der Waals surface area contributed by atoms with Crippen LogP contribution < -0.4 is 10.5 Å². The van der Waals surface area contributed by atoms with E-state index in [2.05, 4.69) is 20.8 Å². The number of hydrogen-bond donors (Lipinski definition) is 1. The number of methoxy groups -OCH3 is 1. The van der Waals surface area contributed by atoms with E-state index in [0.717, 1.165) is 24.6 Å². The molecule has 0 heterocycles. The lowest BCUT2D eigenvalue weighted by Gasteiger charge is -1.97. The largest absolute Gasteiger partial charge is 0.497 e. The van der Waals surface area contributed by atoms with Gasteiger partial charge in [0.25, 0.3) is 0 Å². The fourth-order valence-electron chi connectivity index (χ4n) is 1.01. The zero-order valence-corrected chi connectivity index (χ0v) is 10.3. The number of rotatable bonds is 3. The van der Waals surface area contributed by atoms with Gasteiger partial charge in [-0.15, -0.1) is 0 Å². The number of nitrogens with two attached hydrogens (primary N) is 1. The van der Waals surface area contributed by atoms with Gasteiger partial charge in [-0.1, -0.05) is 31.5 Å². The van der Waals surface area contributed by atoms with Crippen molar-refractivity contribution in [2.24, 2.45) is 11.7 Å². The SMILES string of the molecule is CC(C)CCN.COc1ccc(C)cc1. The van der Waals surface area contributed by atoms with Crippen molar-refractivity contribution < 1.29 is 4.74 Å². The molecule has 0 saturated heterocycles. The Bertz CT molecular complexity index is 241. The average Bonchev–Trinajstić information content (AvgIpc) is 2.20. The van der Waals surface area contributed by atoms with Gasteiger partial charge in [0, 0.05) is 0 Å². The highest BCUT2D eigenvalue weighted by atomic mass is 16.5. The van der Waals surface area contributed by atoms with Gasteiger partial charge in [0.15, 0.2) is 0 Å². The molecular formula is C13H23NO. The lowest BCUT2D eigenvalue weighted by molar-refractivity contribution is 0.414. The van der Waals surface area contributed by atoms with E-state index in [-0.39, 0.29) is 0 Å². The summed E-state index contributed by atoms with van der Waals surface area (Å²) in [5, 5.41) is 0. The van der Waals surface area contributed by atoms with Crippen molar-refractivity contribution in [3.05, 3.63) is 29.8 Å². The van der Waals surface area contributed by atoms with Crippen molar-refractivity contribution in [3.8, 4) is 5.75 Å². The van der Waals surface area contributed by atoms with Crippen LogP contribution in [0.5, 0.6) is 5.75 Å². The molecule has 1 aromatic rings. The average molecular weight is 209 g/mol. The fraction of sp³-hybridized carbons (Fsp3) is 0.538. The minimum atomic E-state index is 0.773. The second kappa shape index (κ2) is 8.30. The quantitative estimate of drug-likeness (QED) is 0.830. The van der Waals surface area contributed by atoms with E-state index in [1.54, 1.807) is 7.11 Å². The second-order valence-electron chi connectivity index (χ2n) is 3.99. The Morgan fingerprint density at radius 3 is 2.00 bits per heavy atom. The first-order valence-electron chi connectivity index (χ1n) is 5.40. The molecule has 0 bridgehead atoms. The standard InChI is InChI=1S/C8H10O.C5H13N/c1-7-3-5-8(9-2)6-4-7;1-5(2)3-4-6/h3-6H,1-2H3;5H,3-4,6H2,1-2H3. The molecule has 86 valence electrons. The third-order valence-corrected chi connectivity index (χ3v) is 2.00. The van der Waals surface area contributed by atoms with Crippen molar-refractivity contribution in [2.45, 2.75) is 27.2 Å². The summed E-state index contributed by atoms with van der Waals surface area (Å²) < 4.78 is 4.97. The Balaban J connectivity index is 0.000000288. The molecule has 0 fully saturated rings. The van der Waals surface area contributed by atoms with Crippen molar-refractivity contribution in [1.29, 1.82) is 0 Å². The van der Waals surface area contributed by atoms with Crippen LogP contribution in [0.3, 0.4) is 0 Å². The first-order chi connectivity index (χ1) is 7.10. The Morgan fingerprint density at radius 1 is 1.20 bits per heavy atom. The van der Waals surface area contributed by atoms with E-state index in [1.165, 1.54) is 5.56 Å². The highest BCUT2D eigenvalue weighted by molar-refractivity contribution is 5.25. The van der Waals surface area contributed by atoms with Gasteiger partial charge in [0.2, 0.25) is 0 Å². The third kappa shape index (κ3) is 8.01. The maximum Gasteiger partial charge on any atom is 0.118 e. The summed E-state index contributed by atoms with van der Waals surface area (Å²) in [5.74, 6) is 1.69. The summed E-state index contributed by atoms with van der Waals surface area (Å²) in [4.78, 5) is 0. The molecule has 0 aliphatic heterocycles. The first kappa shape index (κ1) is 14.0. The lowest BCUT2D eigenvalue weighted by atomic mass is 10.1. The number of hydrogen-bond acceptors (Lipinski definition) is 2. The zero-order valence-electron chi connectivity index (χ0n) is 10.3. The predicted octanol–water partition coefficient (Wildman–Crippen LogP) is 2.99. The van der Waals surface area contributed by atoms with Crippen LogP contribution in [0.15, 0.2) is 24.3 Å². The molecule has 2 N–H and O–H groups in total.